The third kappa shape index (κ3) is 2.98. The lowest BCUT2D eigenvalue weighted by atomic mass is 9.98. The second-order valence-corrected chi connectivity index (χ2v) is 5.40. The maximum Gasteiger partial charge on any atom is 0.0635 e. The van der Waals surface area contributed by atoms with Crippen molar-refractivity contribution in [3.8, 4) is 0 Å². The highest BCUT2D eigenvalue weighted by Gasteiger charge is 2.24. The van der Waals surface area contributed by atoms with Crippen molar-refractivity contribution in [1.82, 2.24) is 0 Å². The SMILES string of the molecule is OCC(Nc1ccc(Br)cc1)C1CCCC1. The third-order valence-corrected chi connectivity index (χ3v) is 3.89. The summed E-state index contributed by atoms with van der Waals surface area (Å²) in [5.41, 5.74) is 1.09. The third-order valence-electron chi connectivity index (χ3n) is 3.36. The van der Waals surface area contributed by atoms with Gasteiger partial charge in [-0.05, 0) is 43.0 Å². The van der Waals surface area contributed by atoms with Crippen LogP contribution in [0.5, 0.6) is 0 Å². The van der Waals surface area contributed by atoms with Crippen LogP contribution < -0.4 is 5.32 Å². The number of anilines is 1. The van der Waals surface area contributed by atoms with Crippen molar-refractivity contribution in [2.45, 2.75) is 31.7 Å². The Morgan fingerprint density at radius 3 is 2.44 bits per heavy atom. The van der Waals surface area contributed by atoms with Crippen LogP contribution in [-0.4, -0.2) is 17.8 Å². The molecule has 0 aromatic heterocycles. The van der Waals surface area contributed by atoms with E-state index in [1.54, 1.807) is 0 Å². The summed E-state index contributed by atoms with van der Waals surface area (Å²) in [5, 5.41) is 12.9. The van der Waals surface area contributed by atoms with E-state index in [0.29, 0.717) is 5.92 Å². The van der Waals surface area contributed by atoms with Crippen LogP contribution in [0.2, 0.25) is 0 Å². The summed E-state index contributed by atoms with van der Waals surface area (Å²) in [7, 11) is 0. The van der Waals surface area contributed by atoms with Crippen LogP contribution >= 0.6 is 15.9 Å². The Labute approximate surface area is 105 Å². The predicted molar refractivity (Wildman–Crippen MR) is 70.6 cm³/mol. The molecule has 1 aromatic carbocycles. The molecule has 1 aliphatic rings. The fraction of sp³-hybridized carbons (Fsp3) is 0.538. The van der Waals surface area contributed by atoms with Gasteiger partial charge >= 0.3 is 0 Å². The number of benzene rings is 1. The number of hydrogen-bond donors (Lipinski definition) is 2. The van der Waals surface area contributed by atoms with Crippen molar-refractivity contribution < 1.29 is 5.11 Å². The minimum atomic E-state index is 0.212. The first-order valence-electron chi connectivity index (χ1n) is 5.92. The van der Waals surface area contributed by atoms with Gasteiger partial charge in [0.2, 0.25) is 0 Å². The monoisotopic (exact) mass is 283 g/mol. The van der Waals surface area contributed by atoms with Gasteiger partial charge in [0.1, 0.15) is 0 Å². The Balaban J connectivity index is 1.97. The summed E-state index contributed by atoms with van der Waals surface area (Å²) >= 11 is 3.42. The average Bonchev–Trinajstić information content (AvgIpc) is 2.82. The number of aliphatic hydroxyl groups is 1. The molecule has 16 heavy (non-hydrogen) atoms. The zero-order valence-electron chi connectivity index (χ0n) is 9.32. The maximum atomic E-state index is 9.43. The molecule has 2 rings (SSSR count). The number of aliphatic hydroxyl groups excluding tert-OH is 1. The van der Waals surface area contributed by atoms with Crippen molar-refractivity contribution in [2.75, 3.05) is 11.9 Å². The summed E-state index contributed by atoms with van der Waals surface area (Å²) < 4.78 is 1.08. The standard InChI is InChI=1S/C13H18BrNO/c14-11-5-7-12(8-6-11)15-13(9-16)10-3-1-2-4-10/h5-8,10,13,15-16H,1-4,9H2. The van der Waals surface area contributed by atoms with Crippen molar-refractivity contribution in [1.29, 1.82) is 0 Å². The maximum absolute atomic E-state index is 9.43. The second-order valence-electron chi connectivity index (χ2n) is 4.48. The van der Waals surface area contributed by atoms with Gasteiger partial charge < -0.3 is 10.4 Å². The number of rotatable bonds is 4. The molecule has 0 aliphatic heterocycles. The van der Waals surface area contributed by atoms with E-state index >= 15 is 0 Å². The molecule has 1 fully saturated rings. The van der Waals surface area contributed by atoms with Gasteiger partial charge in [0.25, 0.3) is 0 Å². The molecule has 88 valence electrons. The highest BCUT2D eigenvalue weighted by Crippen LogP contribution is 2.29. The first-order chi connectivity index (χ1) is 7.79. The summed E-state index contributed by atoms with van der Waals surface area (Å²) in [6, 6.07) is 8.34. The summed E-state index contributed by atoms with van der Waals surface area (Å²) in [6.45, 7) is 0.223. The largest absolute Gasteiger partial charge is 0.394 e. The van der Waals surface area contributed by atoms with E-state index in [4.69, 9.17) is 0 Å². The Bertz CT molecular complexity index is 319. The summed E-state index contributed by atoms with van der Waals surface area (Å²) in [5.74, 6) is 0.633. The molecule has 1 atom stereocenters. The Morgan fingerprint density at radius 2 is 1.88 bits per heavy atom. The van der Waals surface area contributed by atoms with Gasteiger partial charge in [0.15, 0.2) is 0 Å². The topological polar surface area (TPSA) is 32.3 Å². The first-order valence-corrected chi connectivity index (χ1v) is 6.72. The smallest absolute Gasteiger partial charge is 0.0635 e. The molecule has 3 heteroatoms. The van der Waals surface area contributed by atoms with E-state index in [9.17, 15) is 5.11 Å². The highest BCUT2D eigenvalue weighted by atomic mass is 79.9. The van der Waals surface area contributed by atoms with Crippen molar-refractivity contribution in [2.24, 2.45) is 5.92 Å². The van der Waals surface area contributed by atoms with Gasteiger partial charge in [0, 0.05) is 10.2 Å². The van der Waals surface area contributed by atoms with Gasteiger partial charge in [-0.3, -0.25) is 0 Å². The zero-order valence-corrected chi connectivity index (χ0v) is 10.9. The molecular formula is C13H18BrNO. The van der Waals surface area contributed by atoms with E-state index in [-0.39, 0.29) is 12.6 Å². The molecule has 2 nitrogen and oxygen atoms in total. The van der Waals surface area contributed by atoms with Crippen LogP contribution in [0, 0.1) is 5.92 Å². The van der Waals surface area contributed by atoms with Crippen LogP contribution in [0.25, 0.3) is 0 Å². The number of halogens is 1. The van der Waals surface area contributed by atoms with Crippen LogP contribution in [0.3, 0.4) is 0 Å². The van der Waals surface area contributed by atoms with Crippen molar-refractivity contribution >= 4 is 21.6 Å². The molecule has 0 radical (unpaired) electrons. The van der Waals surface area contributed by atoms with Gasteiger partial charge in [-0.15, -0.1) is 0 Å². The van der Waals surface area contributed by atoms with Crippen LogP contribution in [0.15, 0.2) is 28.7 Å². The van der Waals surface area contributed by atoms with Gasteiger partial charge in [-0.1, -0.05) is 28.8 Å². The van der Waals surface area contributed by atoms with E-state index in [1.165, 1.54) is 25.7 Å². The van der Waals surface area contributed by atoms with E-state index in [0.717, 1.165) is 10.2 Å². The Morgan fingerprint density at radius 1 is 1.25 bits per heavy atom. The minimum absolute atomic E-state index is 0.212. The molecule has 0 saturated heterocycles. The van der Waals surface area contributed by atoms with Crippen molar-refractivity contribution in [3.63, 3.8) is 0 Å². The quantitative estimate of drug-likeness (QED) is 0.888. The summed E-state index contributed by atoms with van der Waals surface area (Å²) in [4.78, 5) is 0. The summed E-state index contributed by atoms with van der Waals surface area (Å²) in [6.07, 6.45) is 5.11. The van der Waals surface area contributed by atoms with Crippen LogP contribution in [0.4, 0.5) is 5.69 Å². The first kappa shape index (κ1) is 11.9. The molecule has 0 heterocycles. The molecule has 1 unspecified atom stereocenters. The lowest BCUT2D eigenvalue weighted by molar-refractivity contribution is 0.238. The molecule has 1 saturated carbocycles. The second kappa shape index (κ2) is 5.69. The molecule has 0 bridgehead atoms. The van der Waals surface area contributed by atoms with Gasteiger partial charge in [-0.25, -0.2) is 0 Å². The van der Waals surface area contributed by atoms with Crippen LogP contribution in [-0.2, 0) is 0 Å². The average molecular weight is 284 g/mol. The fourth-order valence-corrected chi connectivity index (χ4v) is 2.70. The molecule has 1 aliphatic carbocycles. The molecule has 2 N–H and O–H groups in total. The lowest BCUT2D eigenvalue weighted by Gasteiger charge is -2.23. The number of nitrogens with one attached hydrogen (secondary N) is 1. The molecule has 0 amide bonds. The highest BCUT2D eigenvalue weighted by molar-refractivity contribution is 9.10. The predicted octanol–water partition coefficient (Wildman–Crippen LogP) is 3.41. The number of hydrogen-bond acceptors (Lipinski definition) is 2. The molecule has 1 aromatic rings. The molecule has 0 spiro atoms. The van der Waals surface area contributed by atoms with Crippen LogP contribution in [0.1, 0.15) is 25.7 Å². The van der Waals surface area contributed by atoms with E-state index < -0.39 is 0 Å². The molecular weight excluding hydrogens is 266 g/mol. The zero-order chi connectivity index (χ0) is 11.4. The minimum Gasteiger partial charge on any atom is -0.394 e. The van der Waals surface area contributed by atoms with Crippen molar-refractivity contribution in [3.05, 3.63) is 28.7 Å². The fourth-order valence-electron chi connectivity index (χ4n) is 2.43. The normalized spacial score (nSPS) is 18.6. The Hall–Kier alpha value is -0.540. The Kier molecular flexibility index (Phi) is 4.24. The van der Waals surface area contributed by atoms with Gasteiger partial charge in [-0.2, -0.15) is 0 Å². The van der Waals surface area contributed by atoms with E-state index in [1.807, 2.05) is 24.3 Å². The lowest BCUT2D eigenvalue weighted by Crippen LogP contribution is -2.31. The van der Waals surface area contributed by atoms with Gasteiger partial charge in [0.05, 0.1) is 12.6 Å². The van der Waals surface area contributed by atoms with E-state index in [2.05, 4.69) is 21.2 Å².